The molecule has 4 rings (SSSR count). The van der Waals surface area contributed by atoms with E-state index in [2.05, 4.69) is 66.6 Å². The van der Waals surface area contributed by atoms with Crippen LogP contribution in [-0.2, 0) is 0 Å². The molecule has 4 aromatic rings. The molecule has 1 heterocycles. The first-order valence-corrected chi connectivity index (χ1v) is 12.5. The van der Waals surface area contributed by atoms with Gasteiger partial charge in [-0.1, -0.05) is 61.4 Å². The van der Waals surface area contributed by atoms with Crippen molar-refractivity contribution in [2.75, 3.05) is 18.9 Å². The Bertz CT molecular complexity index is 1200. The van der Waals surface area contributed by atoms with E-state index in [1.807, 2.05) is 30.3 Å². The number of hydrogen-bond acceptors (Lipinski definition) is 3. The van der Waals surface area contributed by atoms with E-state index in [1.54, 1.807) is 11.8 Å². The fourth-order valence-corrected chi connectivity index (χ4v) is 4.70. The van der Waals surface area contributed by atoms with Crippen LogP contribution in [0.4, 0.5) is 0 Å². The number of amides is 1. The number of nitrogens with one attached hydrogen (secondary N) is 2. The standard InChI is InChI=1S/C28H30N2O2S/c1-3-4-18-32-23-15-13-22(14-16-23)28(31)29-17-19-33-27-24-7-5-6-8-25(24)30-26(27)21-11-9-20(2)10-12-21/h5-16,30H,3-4,17-19H2,1-2H3,(H,29,31). The summed E-state index contributed by atoms with van der Waals surface area (Å²) in [7, 11) is 0. The summed E-state index contributed by atoms with van der Waals surface area (Å²) in [6.45, 7) is 5.53. The molecule has 4 nitrogen and oxygen atoms in total. The van der Waals surface area contributed by atoms with Crippen LogP contribution in [0.25, 0.3) is 22.2 Å². The second-order valence-corrected chi connectivity index (χ2v) is 9.18. The number of para-hydroxylation sites is 1. The number of H-pyrrole nitrogens is 1. The fourth-order valence-electron chi connectivity index (χ4n) is 3.65. The summed E-state index contributed by atoms with van der Waals surface area (Å²) in [5.74, 6) is 1.52. The number of aryl methyl sites for hydroxylation is 1. The third-order valence-corrected chi connectivity index (χ3v) is 6.64. The number of fused-ring (bicyclic) bond motifs is 1. The van der Waals surface area contributed by atoms with Crippen molar-refractivity contribution < 1.29 is 9.53 Å². The molecule has 0 radical (unpaired) electrons. The third-order valence-electron chi connectivity index (χ3n) is 5.52. The molecule has 0 atom stereocenters. The largest absolute Gasteiger partial charge is 0.494 e. The number of ether oxygens (including phenoxy) is 1. The number of thioether (sulfide) groups is 1. The highest BCUT2D eigenvalue weighted by Gasteiger charge is 2.14. The van der Waals surface area contributed by atoms with E-state index >= 15 is 0 Å². The quantitative estimate of drug-likeness (QED) is 0.202. The lowest BCUT2D eigenvalue weighted by atomic mass is 10.1. The Hall–Kier alpha value is -3.18. The molecule has 0 bridgehead atoms. The smallest absolute Gasteiger partial charge is 0.251 e. The first-order chi connectivity index (χ1) is 16.2. The zero-order chi connectivity index (χ0) is 23.0. The average Bonchev–Trinajstić information content (AvgIpc) is 3.21. The zero-order valence-electron chi connectivity index (χ0n) is 19.2. The Labute approximate surface area is 199 Å². The summed E-state index contributed by atoms with van der Waals surface area (Å²) in [4.78, 5) is 17.3. The van der Waals surface area contributed by atoms with Crippen LogP contribution in [0.15, 0.2) is 77.7 Å². The van der Waals surface area contributed by atoms with Gasteiger partial charge < -0.3 is 15.0 Å². The van der Waals surface area contributed by atoms with Gasteiger partial charge in [-0.05, 0) is 49.2 Å². The Kier molecular flexibility index (Phi) is 7.74. The first kappa shape index (κ1) is 23.0. The van der Waals surface area contributed by atoms with Gasteiger partial charge in [-0.3, -0.25) is 4.79 Å². The van der Waals surface area contributed by atoms with Gasteiger partial charge in [0.1, 0.15) is 5.75 Å². The number of benzene rings is 3. The first-order valence-electron chi connectivity index (χ1n) is 11.5. The Balaban J connectivity index is 1.37. The number of carbonyl (C=O) groups is 1. The van der Waals surface area contributed by atoms with E-state index < -0.39 is 0 Å². The molecule has 0 saturated carbocycles. The van der Waals surface area contributed by atoms with Crippen LogP contribution in [0.3, 0.4) is 0 Å². The summed E-state index contributed by atoms with van der Waals surface area (Å²) in [6, 6.07) is 24.3. The highest BCUT2D eigenvalue weighted by Crippen LogP contribution is 2.37. The predicted octanol–water partition coefficient (Wildman–Crippen LogP) is 6.84. The van der Waals surface area contributed by atoms with Gasteiger partial charge in [0.2, 0.25) is 0 Å². The molecule has 0 fully saturated rings. The highest BCUT2D eigenvalue weighted by molar-refractivity contribution is 7.99. The molecular formula is C28H30N2O2S. The van der Waals surface area contributed by atoms with Crippen LogP contribution in [-0.4, -0.2) is 29.8 Å². The van der Waals surface area contributed by atoms with Crippen LogP contribution in [0.2, 0.25) is 0 Å². The monoisotopic (exact) mass is 458 g/mol. The van der Waals surface area contributed by atoms with E-state index in [0.29, 0.717) is 18.7 Å². The number of hydrogen-bond donors (Lipinski definition) is 2. The number of carbonyl (C=O) groups excluding carboxylic acids is 1. The molecule has 2 N–H and O–H groups in total. The molecule has 5 heteroatoms. The summed E-state index contributed by atoms with van der Waals surface area (Å²) in [5.41, 5.74) is 5.32. The maximum absolute atomic E-state index is 12.5. The molecule has 170 valence electrons. The summed E-state index contributed by atoms with van der Waals surface area (Å²) < 4.78 is 5.67. The van der Waals surface area contributed by atoms with Crippen molar-refractivity contribution in [3.8, 4) is 17.0 Å². The average molecular weight is 459 g/mol. The van der Waals surface area contributed by atoms with E-state index in [1.165, 1.54) is 21.4 Å². The molecule has 0 aliphatic rings. The molecule has 1 aromatic heterocycles. The molecule has 33 heavy (non-hydrogen) atoms. The van der Waals surface area contributed by atoms with Crippen LogP contribution in [0.5, 0.6) is 5.75 Å². The second kappa shape index (κ2) is 11.1. The zero-order valence-corrected chi connectivity index (χ0v) is 20.0. The normalized spacial score (nSPS) is 11.0. The third kappa shape index (κ3) is 5.79. The van der Waals surface area contributed by atoms with E-state index in [0.717, 1.165) is 35.6 Å². The van der Waals surface area contributed by atoms with Crippen molar-refractivity contribution in [1.29, 1.82) is 0 Å². The lowest BCUT2D eigenvalue weighted by molar-refractivity contribution is 0.0956. The van der Waals surface area contributed by atoms with Crippen LogP contribution in [0, 0.1) is 6.92 Å². The summed E-state index contributed by atoms with van der Waals surface area (Å²) in [6.07, 6.45) is 2.13. The lowest BCUT2D eigenvalue weighted by Crippen LogP contribution is -2.25. The van der Waals surface area contributed by atoms with Gasteiger partial charge in [-0.15, -0.1) is 11.8 Å². The second-order valence-electron chi connectivity index (χ2n) is 8.07. The molecule has 0 unspecified atom stereocenters. The Morgan fingerprint density at radius 3 is 2.52 bits per heavy atom. The van der Waals surface area contributed by atoms with Gasteiger partial charge in [-0.2, -0.15) is 0 Å². The number of unbranched alkanes of at least 4 members (excludes halogenated alkanes) is 1. The fraction of sp³-hybridized carbons (Fsp3) is 0.250. The molecule has 3 aromatic carbocycles. The van der Waals surface area contributed by atoms with Crippen LogP contribution >= 0.6 is 11.8 Å². The van der Waals surface area contributed by atoms with Gasteiger partial charge in [0, 0.05) is 33.7 Å². The van der Waals surface area contributed by atoms with E-state index in [9.17, 15) is 4.79 Å². The van der Waals surface area contributed by atoms with Crippen molar-refractivity contribution in [1.82, 2.24) is 10.3 Å². The van der Waals surface area contributed by atoms with Gasteiger partial charge >= 0.3 is 0 Å². The minimum Gasteiger partial charge on any atom is -0.494 e. The van der Waals surface area contributed by atoms with Gasteiger partial charge in [0.15, 0.2) is 0 Å². The van der Waals surface area contributed by atoms with E-state index in [-0.39, 0.29) is 5.91 Å². The molecular weight excluding hydrogens is 428 g/mol. The van der Waals surface area contributed by atoms with Crippen LogP contribution < -0.4 is 10.1 Å². The molecule has 0 spiro atoms. The number of aromatic nitrogens is 1. The Morgan fingerprint density at radius 2 is 1.76 bits per heavy atom. The van der Waals surface area contributed by atoms with Gasteiger partial charge in [0.05, 0.1) is 12.3 Å². The van der Waals surface area contributed by atoms with Crippen molar-refractivity contribution >= 4 is 28.6 Å². The highest BCUT2D eigenvalue weighted by atomic mass is 32.2. The Morgan fingerprint density at radius 1 is 1.00 bits per heavy atom. The molecule has 0 aliphatic carbocycles. The number of aromatic amines is 1. The minimum atomic E-state index is -0.0617. The minimum absolute atomic E-state index is 0.0617. The van der Waals surface area contributed by atoms with Gasteiger partial charge in [-0.25, -0.2) is 0 Å². The molecule has 0 aliphatic heterocycles. The molecule has 0 saturated heterocycles. The van der Waals surface area contributed by atoms with E-state index in [4.69, 9.17) is 4.74 Å². The maximum Gasteiger partial charge on any atom is 0.251 e. The lowest BCUT2D eigenvalue weighted by Gasteiger charge is -2.09. The van der Waals surface area contributed by atoms with Gasteiger partial charge in [0.25, 0.3) is 5.91 Å². The predicted molar refractivity (Wildman–Crippen MR) is 138 cm³/mol. The topological polar surface area (TPSA) is 54.1 Å². The van der Waals surface area contributed by atoms with Crippen molar-refractivity contribution in [3.63, 3.8) is 0 Å². The maximum atomic E-state index is 12.5. The molecule has 1 amide bonds. The summed E-state index contributed by atoms with van der Waals surface area (Å²) >= 11 is 1.77. The summed E-state index contributed by atoms with van der Waals surface area (Å²) in [5, 5.41) is 4.25. The SMILES string of the molecule is CCCCOc1ccc(C(=O)NCCSc2c(-c3ccc(C)cc3)[nH]c3ccccc23)cc1. The van der Waals surface area contributed by atoms with Crippen LogP contribution in [0.1, 0.15) is 35.7 Å². The van der Waals surface area contributed by atoms with Crippen molar-refractivity contribution in [2.24, 2.45) is 0 Å². The van der Waals surface area contributed by atoms with Crippen molar-refractivity contribution in [3.05, 3.63) is 83.9 Å². The van der Waals surface area contributed by atoms with Crippen molar-refractivity contribution in [2.45, 2.75) is 31.6 Å². The number of rotatable bonds is 10.